The molecule has 0 spiro atoms. The zero-order chi connectivity index (χ0) is 13.8. The number of likely N-dealkylation sites (tertiary alicyclic amines) is 1. The van der Waals surface area contributed by atoms with Crippen molar-refractivity contribution in [2.75, 3.05) is 24.6 Å². The molecule has 0 atom stereocenters. The van der Waals surface area contributed by atoms with Gasteiger partial charge in [-0.05, 0) is 31.0 Å². The van der Waals surface area contributed by atoms with Crippen LogP contribution in [0.25, 0.3) is 0 Å². The number of carbonyl (C=O) groups excluding carboxylic acids is 1. The van der Waals surface area contributed by atoms with E-state index in [-0.39, 0.29) is 11.9 Å². The van der Waals surface area contributed by atoms with Crippen molar-refractivity contribution in [2.45, 2.75) is 18.9 Å². The Bertz CT molecular complexity index is 491. The predicted octanol–water partition coefficient (Wildman–Crippen LogP) is 1.00. The van der Waals surface area contributed by atoms with Crippen molar-refractivity contribution in [3.63, 3.8) is 0 Å². The molecule has 0 saturated carbocycles. The number of aliphatic hydroxyl groups is 1. The Morgan fingerprint density at radius 1 is 1.32 bits per heavy atom. The summed E-state index contributed by atoms with van der Waals surface area (Å²) in [6, 6.07) is 4.89. The highest BCUT2D eigenvalue weighted by Gasteiger charge is 2.14. The molecule has 1 aromatic rings. The Morgan fingerprint density at radius 3 is 2.68 bits per heavy atom. The van der Waals surface area contributed by atoms with E-state index in [0.29, 0.717) is 16.9 Å². The molecule has 5 N–H and O–H groups in total. The van der Waals surface area contributed by atoms with Crippen LogP contribution >= 0.6 is 0 Å². The number of carbonyl (C=O) groups is 1. The molecule has 1 fully saturated rings. The molecule has 5 nitrogen and oxygen atoms in total. The third-order valence-electron chi connectivity index (χ3n) is 3.28. The summed E-state index contributed by atoms with van der Waals surface area (Å²) in [7, 11) is 0. The summed E-state index contributed by atoms with van der Waals surface area (Å²) in [6.45, 7) is 1.52. The lowest BCUT2D eigenvalue weighted by Crippen LogP contribution is -2.32. The summed E-state index contributed by atoms with van der Waals surface area (Å²) in [5, 5.41) is 9.40. The van der Waals surface area contributed by atoms with Crippen molar-refractivity contribution in [3.8, 4) is 0 Å². The molecule has 1 aliphatic heterocycles. The van der Waals surface area contributed by atoms with Crippen molar-refractivity contribution in [3.05, 3.63) is 36.0 Å². The zero-order valence-electron chi connectivity index (χ0n) is 10.7. The fourth-order valence-electron chi connectivity index (χ4n) is 2.09. The molecular formula is C14H19N3O2. The summed E-state index contributed by atoms with van der Waals surface area (Å²) in [4.78, 5) is 14.0. The van der Waals surface area contributed by atoms with E-state index < -0.39 is 0 Å². The van der Waals surface area contributed by atoms with Crippen LogP contribution in [0.1, 0.15) is 23.2 Å². The maximum Gasteiger partial charge on any atom is 0.189 e. The first kappa shape index (κ1) is 13.4. The second kappa shape index (κ2) is 5.75. The largest absolute Gasteiger partial charge is 0.399 e. The molecule has 1 heterocycles. The van der Waals surface area contributed by atoms with Gasteiger partial charge < -0.3 is 21.5 Å². The van der Waals surface area contributed by atoms with Gasteiger partial charge >= 0.3 is 0 Å². The molecule has 102 valence electrons. The van der Waals surface area contributed by atoms with Crippen molar-refractivity contribution in [1.82, 2.24) is 4.90 Å². The van der Waals surface area contributed by atoms with Gasteiger partial charge in [-0.1, -0.05) is 0 Å². The average Bonchev–Trinajstić information content (AvgIpc) is 2.40. The van der Waals surface area contributed by atoms with Crippen molar-refractivity contribution in [1.29, 1.82) is 0 Å². The second-order valence-corrected chi connectivity index (χ2v) is 4.79. The summed E-state index contributed by atoms with van der Waals surface area (Å²) in [5.74, 6) is -0.157. The number of nitrogens with zero attached hydrogens (tertiary/aromatic N) is 1. The third-order valence-corrected chi connectivity index (χ3v) is 3.28. The fourth-order valence-corrected chi connectivity index (χ4v) is 2.09. The lowest BCUT2D eigenvalue weighted by atomic mass is 10.1. The summed E-state index contributed by atoms with van der Waals surface area (Å²) in [5.41, 5.74) is 12.8. The van der Waals surface area contributed by atoms with Crippen LogP contribution in [-0.2, 0) is 0 Å². The van der Waals surface area contributed by atoms with Gasteiger partial charge in [0, 0.05) is 42.3 Å². The highest BCUT2D eigenvalue weighted by molar-refractivity contribution is 6.08. The van der Waals surface area contributed by atoms with Crippen LogP contribution in [0.3, 0.4) is 0 Å². The molecule has 1 saturated heterocycles. The number of rotatable bonds is 3. The maximum absolute atomic E-state index is 12.0. The first-order valence-corrected chi connectivity index (χ1v) is 6.36. The highest BCUT2D eigenvalue weighted by atomic mass is 16.3. The van der Waals surface area contributed by atoms with Gasteiger partial charge in [0.15, 0.2) is 5.78 Å². The number of hydrogen-bond donors (Lipinski definition) is 3. The highest BCUT2D eigenvalue weighted by Crippen LogP contribution is 2.17. The Morgan fingerprint density at radius 2 is 2.00 bits per heavy atom. The SMILES string of the molecule is Nc1ccc(N)c(C(=O)C=CN2CCC(O)CC2)c1. The second-order valence-electron chi connectivity index (χ2n) is 4.79. The molecule has 5 heteroatoms. The van der Waals surface area contributed by atoms with Crippen molar-refractivity contribution >= 4 is 17.2 Å². The first-order valence-electron chi connectivity index (χ1n) is 6.36. The number of nitrogen functional groups attached to an aromatic ring is 2. The van der Waals surface area contributed by atoms with E-state index in [0.717, 1.165) is 25.9 Å². The molecule has 1 aliphatic rings. The molecule has 0 aromatic heterocycles. The van der Waals surface area contributed by atoms with Gasteiger partial charge in [0.05, 0.1) is 6.10 Å². The molecule has 0 bridgehead atoms. The molecule has 19 heavy (non-hydrogen) atoms. The molecule has 2 rings (SSSR count). The summed E-state index contributed by atoms with van der Waals surface area (Å²) < 4.78 is 0. The van der Waals surface area contributed by atoms with Gasteiger partial charge in [-0.3, -0.25) is 4.79 Å². The minimum atomic E-state index is -0.218. The molecule has 0 amide bonds. The van der Waals surface area contributed by atoms with Gasteiger partial charge in [-0.15, -0.1) is 0 Å². The quantitative estimate of drug-likeness (QED) is 0.429. The monoisotopic (exact) mass is 261 g/mol. The number of anilines is 2. The number of allylic oxidation sites excluding steroid dienone is 1. The van der Waals surface area contributed by atoms with Crippen LogP contribution in [0.2, 0.25) is 0 Å². The molecule has 0 aliphatic carbocycles. The topological polar surface area (TPSA) is 92.6 Å². The average molecular weight is 261 g/mol. The standard InChI is InChI=1S/C14H19N3O2/c15-10-1-2-13(16)12(9-10)14(19)5-8-17-6-3-11(18)4-7-17/h1-2,5,8-9,11,18H,3-4,6-7,15-16H2. The van der Waals surface area contributed by atoms with E-state index in [1.165, 1.54) is 6.08 Å². The molecule has 0 unspecified atom stereocenters. The van der Waals surface area contributed by atoms with Crippen molar-refractivity contribution < 1.29 is 9.90 Å². The fraction of sp³-hybridized carbons (Fsp3) is 0.357. The molecule has 1 aromatic carbocycles. The van der Waals surface area contributed by atoms with Gasteiger partial charge in [-0.25, -0.2) is 0 Å². The number of piperidine rings is 1. The van der Waals surface area contributed by atoms with E-state index in [2.05, 4.69) is 0 Å². The Kier molecular flexibility index (Phi) is 4.06. The Labute approximate surface area is 112 Å². The zero-order valence-corrected chi connectivity index (χ0v) is 10.7. The van der Waals surface area contributed by atoms with Crippen molar-refractivity contribution in [2.24, 2.45) is 0 Å². The third kappa shape index (κ3) is 3.48. The Hall–Kier alpha value is -2.01. The van der Waals surface area contributed by atoms with Gasteiger partial charge in [0.25, 0.3) is 0 Å². The lowest BCUT2D eigenvalue weighted by molar-refractivity contribution is 0.100. The van der Waals surface area contributed by atoms with E-state index in [1.54, 1.807) is 24.4 Å². The minimum absolute atomic E-state index is 0.157. The van der Waals surface area contributed by atoms with Crippen LogP contribution in [0.4, 0.5) is 11.4 Å². The number of nitrogens with two attached hydrogens (primary N) is 2. The van der Waals surface area contributed by atoms with E-state index in [4.69, 9.17) is 11.5 Å². The van der Waals surface area contributed by atoms with Crippen LogP contribution in [-0.4, -0.2) is 35.0 Å². The van der Waals surface area contributed by atoms with Crippen LogP contribution in [0.5, 0.6) is 0 Å². The van der Waals surface area contributed by atoms with Gasteiger partial charge in [0.2, 0.25) is 0 Å². The number of aliphatic hydroxyl groups excluding tert-OH is 1. The number of ketones is 1. The van der Waals surface area contributed by atoms with E-state index >= 15 is 0 Å². The van der Waals surface area contributed by atoms with Crippen LogP contribution in [0.15, 0.2) is 30.5 Å². The molecule has 0 radical (unpaired) electrons. The molecular weight excluding hydrogens is 242 g/mol. The smallest absolute Gasteiger partial charge is 0.189 e. The first-order chi connectivity index (χ1) is 9.06. The van der Waals surface area contributed by atoms with Gasteiger partial charge in [0.1, 0.15) is 0 Å². The predicted molar refractivity (Wildman–Crippen MR) is 75.6 cm³/mol. The van der Waals surface area contributed by atoms with E-state index in [1.807, 2.05) is 4.90 Å². The van der Waals surface area contributed by atoms with E-state index in [9.17, 15) is 9.90 Å². The number of hydrogen-bond acceptors (Lipinski definition) is 5. The summed E-state index contributed by atoms with van der Waals surface area (Å²) in [6.07, 6.45) is 4.52. The van der Waals surface area contributed by atoms with Crippen LogP contribution < -0.4 is 11.5 Å². The summed E-state index contributed by atoms with van der Waals surface area (Å²) >= 11 is 0. The normalized spacial score (nSPS) is 17.0. The minimum Gasteiger partial charge on any atom is -0.399 e. The van der Waals surface area contributed by atoms with Crippen LogP contribution in [0, 0.1) is 0 Å². The van der Waals surface area contributed by atoms with Gasteiger partial charge in [-0.2, -0.15) is 0 Å². The number of benzene rings is 1. The Balaban J connectivity index is 2.02. The lowest BCUT2D eigenvalue weighted by Gasteiger charge is -2.28. The maximum atomic E-state index is 12.0.